The maximum atomic E-state index is 4.18. The Hall–Kier alpha value is -1.38. The van der Waals surface area contributed by atoms with Crippen LogP contribution in [0.3, 0.4) is 0 Å². The van der Waals surface area contributed by atoms with Crippen LogP contribution in [0.15, 0.2) is 13.2 Å². The highest BCUT2D eigenvalue weighted by molar-refractivity contribution is 5.71. The third-order valence-electron chi connectivity index (χ3n) is 1.52. The van der Waals surface area contributed by atoms with Crippen LogP contribution in [-0.4, -0.2) is 15.0 Å². The first-order valence-electron chi connectivity index (χ1n) is 5.75. The zero-order valence-corrected chi connectivity index (χ0v) is 11.8. The van der Waals surface area contributed by atoms with E-state index in [0.717, 1.165) is 22.5 Å². The molecule has 0 bridgehead atoms. The lowest BCUT2D eigenvalue weighted by Gasteiger charge is -1.95. The molecule has 3 heteroatoms. The fraction of sp³-hybridized carbons (Fsp3) is 0.538. The second-order valence-electron chi connectivity index (χ2n) is 2.95. The van der Waals surface area contributed by atoms with E-state index in [2.05, 4.69) is 23.4 Å². The Kier molecular flexibility index (Phi) is 9.46. The van der Waals surface area contributed by atoms with E-state index in [0.29, 0.717) is 0 Å². The smallest absolute Gasteiger partial charge is 0.115 e. The molecular weight excluding hydrogens is 198 g/mol. The van der Waals surface area contributed by atoms with Gasteiger partial charge in [0.1, 0.15) is 11.4 Å². The Bertz CT molecular complexity index is 303. The van der Waals surface area contributed by atoms with Crippen molar-refractivity contribution < 1.29 is 0 Å². The van der Waals surface area contributed by atoms with E-state index in [4.69, 9.17) is 0 Å². The van der Waals surface area contributed by atoms with Crippen LogP contribution in [-0.2, 0) is 7.05 Å². The van der Waals surface area contributed by atoms with Gasteiger partial charge in [0, 0.05) is 7.05 Å². The van der Waals surface area contributed by atoms with Crippen LogP contribution < -0.4 is 0 Å². The molecular formula is C13H25N3. The molecule has 0 amide bonds. The van der Waals surface area contributed by atoms with Crippen molar-refractivity contribution in [2.45, 2.75) is 41.5 Å². The van der Waals surface area contributed by atoms with Gasteiger partial charge < -0.3 is 0 Å². The first-order chi connectivity index (χ1) is 7.52. The van der Waals surface area contributed by atoms with Gasteiger partial charge in [-0.2, -0.15) is 15.0 Å². The van der Waals surface area contributed by atoms with E-state index in [1.165, 1.54) is 4.80 Å². The Morgan fingerprint density at radius 1 is 0.875 bits per heavy atom. The fourth-order valence-corrected chi connectivity index (χ4v) is 0.981. The number of allylic oxidation sites excluding steroid dienone is 2. The van der Waals surface area contributed by atoms with E-state index < -0.39 is 0 Å². The van der Waals surface area contributed by atoms with Crippen LogP contribution in [0.5, 0.6) is 0 Å². The number of rotatable bonds is 2. The summed E-state index contributed by atoms with van der Waals surface area (Å²) in [6, 6.07) is 0. The van der Waals surface area contributed by atoms with Gasteiger partial charge in [-0.3, -0.25) is 0 Å². The van der Waals surface area contributed by atoms with Crippen molar-refractivity contribution in [1.82, 2.24) is 15.0 Å². The van der Waals surface area contributed by atoms with Gasteiger partial charge in [0.15, 0.2) is 0 Å². The lowest BCUT2D eigenvalue weighted by Crippen LogP contribution is -1.92. The van der Waals surface area contributed by atoms with Crippen LogP contribution in [0, 0.1) is 0 Å². The lowest BCUT2D eigenvalue weighted by atomic mass is 10.1. The molecule has 0 spiro atoms. The molecule has 0 aromatic carbocycles. The van der Waals surface area contributed by atoms with E-state index in [1.54, 1.807) is 7.05 Å². The maximum absolute atomic E-state index is 4.18. The number of hydrogen-bond donors (Lipinski definition) is 0. The molecule has 1 aromatic heterocycles. The summed E-state index contributed by atoms with van der Waals surface area (Å²) in [4.78, 5) is 1.54. The Morgan fingerprint density at radius 2 is 1.12 bits per heavy atom. The minimum atomic E-state index is 0.838. The summed E-state index contributed by atoms with van der Waals surface area (Å²) in [5, 5.41) is 8.35. The van der Waals surface area contributed by atoms with Gasteiger partial charge in [-0.05, 0) is 25.0 Å². The molecule has 92 valence electrons. The molecule has 0 fully saturated rings. The van der Waals surface area contributed by atoms with Crippen LogP contribution >= 0.6 is 0 Å². The fourth-order valence-electron chi connectivity index (χ4n) is 0.981. The number of hydrogen-bond acceptors (Lipinski definition) is 2. The predicted octanol–water partition coefficient (Wildman–Crippen LogP) is 3.93. The molecule has 16 heavy (non-hydrogen) atoms. The first kappa shape index (κ1) is 17.0. The number of nitrogens with zero attached hydrogens (tertiary/aromatic N) is 3. The quantitative estimate of drug-likeness (QED) is 0.760. The van der Waals surface area contributed by atoms with E-state index in [1.807, 2.05) is 41.5 Å². The third kappa shape index (κ3) is 4.91. The first-order valence-corrected chi connectivity index (χ1v) is 5.75. The van der Waals surface area contributed by atoms with Crippen LogP contribution in [0.1, 0.15) is 52.9 Å². The van der Waals surface area contributed by atoms with E-state index >= 15 is 0 Å². The molecule has 1 heterocycles. The van der Waals surface area contributed by atoms with Gasteiger partial charge in [-0.1, -0.05) is 40.9 Å². The number of aryl methyl sites for hydroxylation is 1. The highest BCUT2D eigenvalue weighted by atomic mass is 15.5. The third-order valence-corrected chi connectivity index (χ3v) is 1.52. The summed E-state index contributed by atoms with van der Waals surface area (Å²) in [6.45, 7) is 19.5. The molecule has 0 radical (unpaired) electrons. The van der Waals surface area contributed by atoms with Gasteiger partial charge in [0.25, 0.3) is 0 Å². The topological polar surface area (TPSA) is 30.7 Å². The maximum Gasteiger partial charge on any atom is 0.115 e. The van der Waals surface area contributed by atoms with E-state index in [-0.39, 0.29) is 0 Å². The molecule has 0 aliphatic carbocycles. The Morgan fingerprint density at radius 3 is 1.31 bits per heavy atom. The Balaban J connectivity index is 0. The molecule has 0 atom stereocenters. The summed E-state index contributed by atoms with van der Waals surface area (Å²) in [7, 11) is 1.79. The largest absolute Gasteiger partial charge is 0.187 e. The summed E-state index contributed by atoms with van der Waals surface area (Å²) in [5.74, 6) is 0. The van der Waals surface area contributed by atoms with Crippen molar-refractivity contribution in [3.63, 3.8) is 0 Å². The van der Waals surface area contributed by atoms with Crippen molar-refractivity contribution in [3.8, 4) is 0 Å². The zero-order valence-electron chi connectivity index (χ0n) is 11.8. The average molecular weight is 223 g/mol. The van der Waals surface area contributed by atoms with Gasteiger partial charge in [0.05, 0.1) is 0 Å². The normalized spacial score (nSPS) is 8.19. The second-order valence-corrected chi connectivity index (χ2v) is 2.95. The standard InChI is InChI=1S/C9H13N3.2C2H6/c1-6(2)8-9(7(3)4)11-12(5)10-8;2*1-2/h1,3H2,2,4-5H3;2*1-2H3. The summed E-state index contributed by atoms with van der Waals surface area (Å²) >= 11 is 0. The molecule has 0 saturated carbocycles. The van der Waals surface area contributed by atoms with Crippen molar-refractivity contribution in [3.05, 3.63) is 24.5 Å². The average Bonchev–Trinajstić information content (AvgIpc) is 2.66. The molecule has 0 aliphatic rings. The van der Waals surface area contributed by atoms with Crippen molar-refractivity contribution >= 4 is 11.1 Å². The minimum Gasteiger partial charge on any atom is -0.187 e. The Labute approximate surface area is 99.9 Å². The molecule has 0 saturated heterocycles. The second kappa shape index (κ2) is 8.89. The molecule has 3 nitrogen and oxygen atoms in total. The summed E-state index contributed by atoms with van der Waals surface area (Å²) < 4.78 is 0. The predicted molar refractivity (Wildman–Crippen MR) is 73.1 cm³/mol. The van der Waals surface area contributed by atoms with Crippen LogP contribution in [0.4, 0.5) is 0 Å². The minimum absolute atomic E-state index is 0.838. The SMILES string of the molecule is C=C(C)c1nn(C)nc1C(=C)C.CC.CC. The monoisotopic (exact) mass is 223 g/mol. The van der Waals surface area contributed by atoms with Crippen molar-refractivity contribution in [1.29, 1.82) is 0 Å². The molecule has 1 rings (SSSR count). The molecule has 0 aliphatic heterocycles. The summed E-state index contributed by atoms with van der Waals surface area (Å²) in [6.07, 6.45) is 0. The summed E-state index contributed by atoms with van der Waals surface area (Å²) in [5.41, 5.74) is 3.51. The molecule has 0 unspecified atom stereocenters. The van der Waals surface area contributed by atoms with Gasteiger partial charge in [0.2, 0.25) is 0 Å². The molecule has 0 N–H and O–H groups in total. The van der Waals surface area contributed by atoms with Gasteiger partial charge in [-0.15, -0.1) is 0 Å². The molecule has 1 aromatic rings. The van der Waals surface area contributed by atoms with Crippen molar-refractivity contribution in [2.75, 3.05) is 0 Å². The van der Waals surface area contributed by atoms with Crippen LogP contribution in [0.25, 0.3) is 11.1 Å². The van der Waals surface area contributed by atoms with Crippen LogP contribution in [0.2, 0.25) is 0 Å². The van der Waals surface area contributed by atoms with Crippen molar-refractivity contribution in [2.24, 2.45) is 7.05 Å². The number of aromatic nitrogens is 3. The van der Waals surface area contributed by atoms with Gasteiger partial charge >= 0.3 is 0 Å². The lowest BCUT2D eigenvalue weighted by molar-refractivity contribution is 0.650. The highest BCUT2D eigenvalue weighted by Gasteiger charge is 2.09. The van der Waals surface area contributed by atoms with Gasteiger partial charge in [-0.25, -0.2) is 0 Å². The highest BCUT2D eigenvalue weighted by Crippen LogP contribution is 2.18. The van der Waals surface area contributed by atoms with E-state index in [9.17, 15) is 0 Å². The zero-order chi connectivity index (χ0) is 13.3.